The molecule has 26 heavy (non-hydrogen) atoms. The number of halogens is 3. The maximum Gasteiger partial charge on any atom is 0.573 e. The molecule has 0 spiro atoms. The van der Waals surface area contributed by atoms with Crippen molar-refractivity contribution in [1.82, 2.24) is 0 Å². The van der Waals surface area contributed by atoms with Crippen molar-refractivity contribution in [3.8, 4) is 5.75 Å². The predicted octanol–water partition coefficient (Wildman–Crippen LogP) is 3.88. The summed E-state index contributed by atoms with van der Waals surface area (Å²) in [5.41, 5.74) is 6.83. The number of carbonyl (C=O) groups is 2. The second-order valence-corrected chi connectivity index (χ2v) is 6.91. The lowest BCUT2D eigenvalue weighted by Gasteiger charge is -2.11. The molecule has 0 saturated heterocycles. The zero-order valence-electron chi connectivity index (χ0n) is 13.5. The fourth-order valence-corrected chi connectivity index (χ4v) is 4.19. The van der Waals surface area contributed by atoms with Crippen LogP contribution in [0.2, 0.25) is 0 Å². The third-order valence-electron chi connectivity index (χ3n) is 3.99. The third kappa shape index (κ3) is 3.98. The van der Waals surface area contributed by atoms with E-state index in [0.29, 0.717) is 10.6 Å². The van der Waals surface area contributed by atoms with Gasteiger partial charge in [0.25, 0.3) is 11.8 Å². The number of thiophene rings is 1. The van der Waals surface area contributed by atoms with Crippen molar-refractivity contribution < 1.29 is 27.5 Å². The van der Waals surface area contributed by atoms with Crippen LogP contribution in [0.15, 0.2) is 24.3 Å². The number of hydrogen-bond acceptors (Lipinski definition) is 4. The van der Waals surface area contributed by atoms with E-state index < -0.39 is 23.9 Å². The van der Waals surface area contributed by atoms with Crippen LogP contribution in [0.3, 0.4) is 0 Å². The van der Waals surface area contributed by atoms with E-state index in [2.05, 4.69) is 10.1 Å². The average Bonchev–Trinajstić information content (AvgIpc) is 2.91. The summed E-state index contributed by atoms with van der Waals surface area (Å²) in [6.45, 7) is 0. The minimum absolute atomic E-state index is 0.140. The number of anilines is 1. The Labute approximate surface area is 151 Å². The quantitative estimate of drug-likeness (QED) is 0.839. The predicted molar refractivity (Wildman–Crippen MR) is 90.6 cm³/mol. The fourth-order valence-electron chi connectivity index (χ4n) is 2.90. The Balaban J connectivity index is 1.80. The van der Waals surface area contributed by atoms with Gasteiger partial charge in [0.2, 0.25) is 0 Å². The van der Waals surface area contributed by atoms with Gasteiger partial charge in [0.1, 0.15) is 10.8 Å². The van der Waals surface area contributed by atoms with E-state index in [1.807, 2.05) is 0 Å². The molecule has 2 amide bonds. The highest BCUT2D eigenvalue weighted by atomic mass is 32.1. The first-order valence-electron chi connectivity index (χ1n) is 7.86. The maximum atomic E-state index is 12.4. The summed E-state index contributed by atoms with van der Waals surface area (Å²) in [4.78, 5) is 25.2. The van der Waals surface area contributed by atoms with E-state index in [1.54, 1.807) is 0 Å². The Morgan fingerprint density at radius 1 is 1.12 bits per heavy atom. The number of amides is 2. The van der Waals surface area contributed by atoms with Crippen LogP contribution in [-0.4, -0.2) is 18.2 Å². The van der Waals surface area contributed by atoms with Crippen molar-refractivity contribution in [3.05, 3.63) is 45.8 Å². The van der Waals surface area contributed by atoms with E-state index in [-0.39, 0.29) is 5.56 Å². The molecule has 0 atom stereocenters. The van der Waals surface area contributed by atoms with Crippen LogP contribution in [0.1, 0.15) is 44.0 Å². The number of fused-ring (bicyclic) bond motifs is 1. The summed E-state index contributed by atoms with van der Waals surface area (Å²) in [5, 5.41) is 3.03. The molecule has 0 unspecified atom stereocenters. The lowest BCUT2D eigenvalue weighted by atomic mass is 9.95. The van der Waals surface area contributed by atoms with E-state index in [0.717, 1.165) is 48.3 Å². The summed E-state index contributed by atoms with van der Waals surface area (Å²) >= 11 is 1.32. The highest BCUT2D eigenvalue weighted by molar-refractivity contribution is 7.17. The Hall–Kier alpha value is -2.55. The molecule has 0 saturated carbocycles. The molecular weight excluding hydrogens is 369 g/mol. The number of alkyl halides is 3. The van der Waals surface area contributed by atoms with Gasteiger partial charge in [-0.3, -0.25) is 9.59 Å². The van der Waals surface area contributed by atoms with E-state index in [1.165, 1.54) is 23.5 Å². The van der Waals surface area contributed by atoms with Crippen molar-refractivity contribution in [2.45, 2.75) is 32.0 Å². The van der Waals surface area contributed by atoms with E-state index in [9.17, 15) is 22.8 Å². The van der Waals surface area contributed by atoms with Gasteiger partial charge in [-0.05, 0) is 55.5 Å². The van der Waals surface area contributed by atoms with Crippen LogP contribution in [0.25, 0.3) is 0 Å². The fraction of sp³-hybridized carbons (Fsp3) is 0.294. The van der Waals surface area contributed by atoms with Gasteiger partial charge < -0.3 is 15.8 Å². The van der Waals surface area contributed by atoms with Crippen molar-refractivity contribution in [3.63, 3.8) is 0 Å². The van der Waals surface area contributed by atoms with Gasteiger partial charge in [0.15, 0.2) is 0 Å². The SMILES string of the molecule is NC(=O)c1c(NC(=O)c2ccc(OC(F)(F)F)cc2)sc2c1CCCC2. The highest BCUT2D eigenvalue weighted by Crippen LogP contribution is 2.38. The van der Waals surface area contributed by atoms with Crippen molar-refractivity contribution in [1.29, 1.82) is 0 Å². The number of nitrogens with two attached hydrogens (primary N) is 1. The number of primary amides is 1. The number of hydrogen-bond donors (Lipinski definition) is 2. The molecule has 1 aromatic heterocycles. The Kier molecular flexibility index (Phi) is 4.90. The number of rotatable bonds is 4. The first-order valence-corrected chi connectivity index (χ1v) is 8.68. The zero-order chi connectivity index (χ0) is 18.9. The monoisotopic (exact) mass is 384 g/mol. The van der Waals surface area contributed by atoms with Gasteiger partial charge in [-0.1, -0.05) is 0 Å². The molecule has 0 bridgehead atoms. The van der Waals surface area contributed by atoms with Crippen LogP contribution in [0, 0.1) is 0 Å². The Morgan fingerprint density at radius 3 is 2.38 bits per heavy atom. The van der Waals surface area contributed by atoms with Crippen LogP contribution in [-0.2, 0) is 12.8 Å². The molecular formula is C17H15F3N2O3S. The van der Waals surface area contributed by atoms with Gasteiger partial charge in [0.05, 0.1) is 5.56 Å². The molecule has 1 aliphatic carbocycles. The van der Waals surface area contributed by atoms with Gasteiger partial charge in [-0.15, -0.1) is 24.5 Å². The third-order valence-corrected chi connectivity index (χ3v) is 5.20. The summed E-state index contributed by atoms with van der Waals surface area (Å²) in [6, 6.07) is 4.54. The molecule has 1 heterocycles. The van der Waals surface area contributed by atoms with E-state index in [4.69, 9.17) is 5.73 Å². The zero-order valence-corrected chi connectivity index (χ0v) is 14.3. The first kappa shape index (κ1) is 18.2. The minimum Gasteiger partial charge on any atom is -0.406 e. The first-order chi connectivity index (χ1) is 12.2. The van der Waals surface area contributed by atoms with Crippen LogP contribution < -0.4 is 15.8 Å². The molecule has 5 nitrogen and oxygen atoms in total. The van der Waals surface area contributed by atoms with Crippen molar-refractivity contribution in [2.24, 2.45) is 5.73 Å². The molecule has 1 aromatic carbocycles. The molecule has 3 N–H and O–H groups in total. The molecule has 9 heteroatoms. The van der Waals surface area contributed by atoms with Gasteiger partial charge >= 0.3 is 6.36 Å². The molecule has 0 aliphatic heterocycles. The normalized spacial score (nSPS) is 13.8. The molecule has 0 radical (unpaired) electrons. The lowest BCUT2D eigenvalue weighted by Crippen LogP contribution is -2.19. The smallest absolute Gasteiger partial charge is 0.406 e. The highest BCUT2D eigenvalue weighted by Gasteiger charge is 2.31. The number of aryl methyl sites for hydroxylation is 1. The largest absolute Gasteiger partial charge is 0.573 e. The second-order valence-electron chi connectivity index (χ2n) is 5.81. The van der Waals surface area contributed by atoms with Gasteiger partial charge in [-0.25, -0.2) is 0 Å². The molecule has 138 valence electrons. The Bertz CT molecular complexity index is 844. The number of benzene rings is 1. The van der Waals surface area contributed by atoms with Crippen LogP contribution >= 0.6 is 11.3 Å². The van der Waals surface area contributed by atoms with Gasteiger partial charge in [0, 0.05) is 10.4 Å². The summed E-state index contributed by atoms with van der Waals surface area (Å²) < 4.78 is 40.3. The summed E-state index contributed by atoms with van der Waals surface area (Å²) in [6.07, 6.45) is -1.25. The maximum absolute atomic E-state index is 12.4. The topological polar surface area (TPSA) is 81.4 Å². The minimum atomic E-state index is -4.80. The molecule has 3 rings (SSSR count). The lowest BCUT2D eigenvalue weighted by molar-refractivity contribution is -0.274. The molecule has 0 fully saturated rings. The summed E-state index contributed by atoms with van der Waals surface area (Å²) in [5.74, 6) is -1.56. The summed E-state index contributed by atoms with van der Waals surface area (Å²) in [7, 11) is 0. The second kappa shape index (κ2) is 6.99. The number of nitrogens with one attached hydrogen (secondary N) is 1. The Morgan fingerprint density at radius 2 is 1.77 bits per heavy atom. The number of ether oxygens (including phenoxy) is 1. The standard InChI is InChI=1S/C17H15F3N2O3S/c18-17(19,20)25-10-7-5-9(6-8-10)15(24)22-16-13(14(21)23)11-3-1-2-4-12(11)26-16/h5-8H,1-4H2,(H2,21,23)(H,22,24). The van der Waals surface area contributed by atoms with Crippen LogP contribution in [0.5, 0.6) is 5.75 Å². The van der Waals surface area contributed by atoms with E-state index >= 15 is 0 Å². The van der Waals surface area contributed by atoms with Crippen molar-refractivity contribution >= 4 is 28.2 Å². The van der Waals surface area contributed by atoms with Crippen molar-refractivity contribution in [2.75, 3.05) is 5.32 Å². The van der Waals surface area contributed by atoms with Gasteiger partial charge in [-0.2, -0.15) is 0 Å². The molecule has 1 aliphatic rings. The van der Waals surface area contributed by atoms with Crippen LogP contribution in [0.4, 0.5) is 18.2 Å². The number of carbonyl (C=O) groups excluding carboxylic acids is 2. The molecule has 2 aromatic rings. The average molecular weight is 384 g/mol.